The van der Waals surface area contributed by atoms with Gasteiger partial charge in [0.15, 0.2) is 5.82 Å². The van der Waals surface area contributed by atoms with Gasteiger partial charge in [-0.2, -0.15) is 8.42 Å². The smallest absolute Gasteiger partial charge is 0.326 e. The molecule has 2 heterocycles. The number of hydrogen-bond donors (Lipinski definition) is 3. The van der Waals surface area contributed by atoms with Gasteiger partial charge in [0.1, 0.15) is 18.0 Å². The van der Waals surface area contributed by atoms with E-state index in [4.69, 9.17) is 4.74 Å². The summed E-state index contributed by atoms with van der Waals surface area (Å²) in [6, 6.07) is 2.80. The Hall–Kier alpha value is -1.91. The van der Waals surface area contributed by atoms with E-state index in [1.165, 1.54) is 12.1 Å². The van der Waals surface area contributed by atoms with Crippen LogP contribution in [0.15, 0.2) is 12.1 Å². The third-order valence-electron chi connectivity index (χ3n) is 4.05. The van der Waals surface area contributed by atoms with Gasteiger partial charge in [0, 0.05) is 31.4 Å². The molecule has 0 bridgehead atoms. The largest absolute Gasteiger partial charge is 0.506 e. The normalized spacial score (nSPS) is 21.0. The number of benzene rings is 1. The van der Waals surface area contributed by atoms with Crippen LogP contribution in [0.25, 0.3) is 0 Å². The first-order valence-electron chi connectivity index (χ1n) is 7.53. The average Bonchev–Trinajstić information content (AvgIpc) is 2.80. The number of carbonyl (C=O) groups excluding carboxylic acids is 1. The lowest BCUT2D eigenvalue weighted by molar-refractivity contribution is -0.117. The topological polar surface area (TPSA) is 108 Å². The van der Waals surface area contributed by atoms with Gasteiger partial charge >= 0.3 is 10.2 Å². The number of anilines is 1. The second kappa shape index (κ2) is 6.54. The predicted molar refractivity (Wildman–Crippen MR) is 83.2 cm³/mol. The number of halogens is 1. The Morgan fingerprint density at radius 2 is 2.08 bits per heavy atom. The van der Waals surface area contributed by atoms with E-state index < -0.39 is 39.9 Å². The summed E-state index contributed by atoms with van der Waals surface area (Å²) >= 11 is 0. The summed E-state index contributed by atoms with van der Waals surface area (Å²) in [4.78, 5) is 11.3. The standard InChI is InChI=1S/C14H18FN3O5S/c15-13-9(7-16-10-3-5-23-6-4-10)1-2-11(19)14(13)18-8-12(20)17-24(18,21)22/h1-2,10,16,19H,3-8H2,(H,17,20). The van der Waals surface area contributed by atoms with Gasteiger partial charge in [-0.25, -0.2) is 13.4 Å². The Bertz CT molecular complexity index is 749. The molecule has 2 aliphatic rings. The molecule has 0 aliphatic carbocycles. The maximum atomic E-state index is 14.7. The van der Waals surface area contributed by atoms with Crippen molar-refractivity contribution in [3.8, 4) is 5.75 Å². The fourth-order valence-electron chi connectivity index (χ4n) is 2.77. The Balaban J connectivity index is 1.84. The zero-order valence-electron chi connectivity index (χ0n) is 12.8. The molecule has 0 aromatic heterocycles. The van der Waals surface area contributed by atoms with Crippen molar-refractivity contribution in [2.45, 2.75) is 25.4 Å². The van der Waals surface area contributed by atoms with E-state index in [1.54, 1.807) is 4.72 Å². The molecule has 0 atom stereocenters. The quantitative estimate of drug-likeness (QED) is 0.697. The Labute approximate surface area is 138 Å². The number of aromatic hydroxyl groups is 1. The fourth-order valence-corrected chi connectivity index (χ4v) is 3.94. The van der Waals surface area contributed by atoms with Gasteiger partial charge in [0.25, 0.3) is 5.91 Å². The lowest BCUT2D eigenvalue weighted by atomic mass is 10.1. The number of phenolic OH excluding ortho intramolecular Hbond substituents is 1. The van der Waals surface area contributed by atoms with E-state index in [1.807, 2.05) is 0 Å². The molecule has 2 aliphatic heterocycles. The minimum absolute atomic E-state index is 0.180. The molecular formula is C14H18FN3O5S. The first-order valence-corrected chi connectivity index (χ1v) is 8.97. The maximum Gasteiger partial charge on any atom is 0.326 e. The molecule has 3 N–H and O–H groups in total. The van der Waals surface area contributed by atoms with Crippen LogP contribution in [-0.2, 0) is 26.3 Å². The van der Waals surface area contributed by atoms with Gasteiger partial charge in [-0.1, -0.05) is 6.07 Å². The average molecular weight is 359 g/mol. The number of phenols is 1. The van der Waals surface area contributed by atoms with Crippen molar-refractivity contribution in [1.29, 1.82) is 0 Å². The van der Waals surface area contributed by atoms with Crippen molar-refractivity contribution in [1.82, 2.24) is 10.0 Å². The molecule has 10 heteroatoms. The van der Waals surface area contributed by atoms with E-state index in [-0.39, 0.29) is 18.2 Å². The van der Waals surface area contributed by atoms with Crippen LogP contribution < -0.4 is 14.3 Å². The Morgan fingerprint density at radius 1 is 1.38 bits per heavy atom. The summed E-state index contributed by atoms with van der Waals surface area (Å²) in [5, 5.41) is 13.1. The molecule has 1 amide bonds. The van der Waals surface area contributed by atoms with Gasteiger partial charge in [-0.15, -0.1) is 0 Å². The van der Waals surface area contributed by atoms with Gasteiger partial charge in [-0.05, 0) is 18.9 Å². The minimum atomic E-state index is -4.19. The first kappa shape index (κ1) is 16.9. The van der Waals surface area contributed by atoms with Crippen LogP contribution in [0.4, 0.5) is 10.1 Å². The van der Waals surface area contributed by atoms with Crippen molar-refractivity contribution in [2.75, 3.05) is 24.1 Å². The Kier molecular flexibility index (Phi) is 4.61. The van der Waals surface area contributed by atoms with Crippen molar-refractivity contribution in [3.05, 3.63) is 23.5 Å². The summed E-state index contributed by atoms with van der Waals surface area (Å²) in [6.07, 6.45) is 1.62. The van der Waals surface area contributed by atoms with E-state index >= 15 is 0 Å². The van der Waals surface area contributed by atoms with Gasteiger partial charge in [-0.3, -0.25) is 4.79 Å². The lowest BCUT2D eigenvalue weighted by Crippen LogP contribution is -2.35. The summed E-state index contributed by atoms with van der Waals surface area (Å²) in [5.74, 6) is -2.18. The van der Waals surface area contributed by atoms with E-state index in [9.17, 15) is 22.7 Å². The summed E-state index contributed by atoms with van der Waals surface area (Å²) < 4.78 is 46.0. The first-order chi connectivity index (χ1) is 11.4. The van der Waals surface area contributed by atoms with Gasteiger partial charge < -0.3 is 15.2 Å². The second-order valence-corrected chi connectivity index (χ2v) is 7.31. The highest BCUT2D eigenvalue weighted by molar-refractivity contribution is 7.92. The number of carbonyl (C=O) groups is 1. The zero-order chi connectivity index (χ0) is 17.3. The molecule has 2 saturated heterocycles. The number of hydrogen-bond acceptors (Lipinski definition) is 6. The van der Waals surface area contributed by atoms with E-state index in [2.05, 4.69) is 5.32 Å². The molecule has 0 radical (unpaired) electrons. The van der Waals surface area contributed by atoms with Crippen LogP contribution in [0.3, 0.4) is 0 Å². The van der Waals surface area contributed by atoms with Crippen LogP contribution in [0.1, 0.15) is 18.4 Å². The van der Waals surface area contributed by atoms with Crippen molar-refractivity contribution in [2.24, 2.45) is 0 Å². The number of nitrogens with one attached hydrogen (secondary N) is 2. The summed E-state index contributed by atoms with van der Waals surface area (Å²) in [6.45, 7) is 0.893. The zero-order valence-corrected chi connectivity index (χ0v) is 13.6. The molecular weight excluding hydrogens is 341 g/mol. The van der Waals surface area contributed by atoms with Crippen LogP contribution in [0.5, 0.6) is 5.75 Å². The predicted octanol–water partition coefficient (Wildman–Crippen LogP) is -0.0191. The molecule has 1 aromatic rings. The monoisotopic (exact) mass is 359 g/mol. The molecule has 8 nitrogen and oxygen atoms in total. The van der Waals surface area contributed by atoms with Crippen molar-refractivity contribution >= 4 is 21.8 Å². The molecule has 0 spiro atoms. The Morgan fingerprint density at radius 3 is 2.71 bits per heavy atom. The highest BCUT2D eigenvalue weighted by Gasteiger charge is 2.37. The van der Waals surface area contributed by atoms with Gasteiger partial charge in [0.05, 0.1) is 0 Å². The number of nitrogens with zero attached hydrogens (tertiary/aromatic N) is 1. The SMILES string of the molecule is O=C1CN(c2c(O)ccc(CNC3CCOCC3)c2F)S(=O)(=O)N1. The molecule has 132 valence electrons. The van der Waals surface area contributed by atoms with Crippen LogP contribution in [0, 0.1) is 5.82 Å². The molecule has 2 fully saturated rings. The van der Waals surface area contributed by atoms with E-state index in [0.29, 0.717) is 17.5 Å². The highest BCUT2D eigenvalue weighted by atomic mass is 32.2. The molecule has 3 rings (SSSR count). The number of amides is 1. The molecule has 0 unspecified atom stereocenters. The van der Waals surface area contributed by atoms with Crippen molar-refractivity contribution in [3.63, 3.8) is 0 Å². The van der Waals surface area contributed by atoms with Crippen LogP contribution in [0.2, 0.25) is 0 Å². The molecule has 0 saturated carbocycles. The molecule has 1 aromatic carbocycles. The van der Waals surface area contributed by atoms with E-state index in [0.717, 1.165) is 12.8 Å². The van der Waals surface area contributed by atoms with Crippen LogP contribution >= 0.6 is 0 Å². The third-order valence-corrected chi connectivity index (χ3v) is 5.42. The van der Waals surface area contributed by atoms with Gasteiger partial charge in [0.2, 0.25) is 0 Å². The summed E-state index contributed by atoms with van der Waals surface area (Å²) in [7, 11) is -4.19. The van der Waals surface area contributed by atoms with Crippen molar-refractivity contribution < 1.29 is 27.4 Å². The number of rotatable bonds is 4. The number of ether oxygens (including phenoxy) is 1. The molecule has 24 heavy (non-hydrogen) atoms. The maximum absolute atomic E-state index is 14.7. The minimum Gasteiger partial charge on any atom is -0.506 e. The lowest BCUT2D eigenvalue weighted by Gasteiger charge is -2.24. The summed E-state index contributed by atoms with van der Waals surface area (Å²) in [5.41, 5.74) is -0.302. The fraction of sp³-hybridized carbons (Fsp3) is 0.500. The van der Waals surface area contributed by atoms with Crippen LogP contribution in [-0.4, -0.2) is 45.2 Å². The highest BCUT2D eigenvalue weighted by Crippen LogP contribution is 2.35. The second-order valence-electron chi connectivity index (χ2n) is 5.71. The third kappa shape index (κ3) is 3.30.